The molecule has 2 rings (SSSR count). The Kier molecular flexibility index (Phi) is 4.78. The SMILES string of the molecule is N=C/C(=C\NC1CNC1)C(=O)NCc1ncccc1F. The average molecular weight is 277 g/mol. The smallest absolute Gasteiger partial charge is 0.254 e. The monoisotopic (exact) mass is 277 g/mol. The zero-order valence-corrected chi connectivity index (χ0v) is 10.8. The summed E-state index contributed by atoms with van der Waals surface area (Å²) in [5.41, 5.74) is 0.356. The van der Waals surface area contributed by atoms with Crippen molar-refractivity contribution in [3.8, 4) is 0 Å². The highest BCUT2D eigenvalue weighted by molar-refractivity contribution is 6.11. The first-order valence-corrected chi connectivity index (χ1v) is 6.25. The molecule has 0 unspecified atom stereocenters. The number of nitrogens with one attached hydrogen (secondary N) is 4. The lowest BCUT2D eigenvalue weighted by Crippen LogP contribution is -2.53. The molecule has 0 saturated carbocycles. The number of hydrogen-bond acceptors (Lipinski definition) is 5. The summed E-state index contributed by atoms with van der Waals surface area (Å²) in [5.74, 6) is -0.906. The van der Waals surface area contributed by atoms with Gasteiger partial charge < -0.3 is 21.4 Å². The van der Waals surface area contributed by atoms with Crippen LogP contribution in [0.4, 0.5) is 4.39 Å². The van der Waals surface area contributed by atoms with E-state index in [1.165, 1.54) is 24.5 Å². The summed E-state index contributed by atoms with van der Waals surface area (Å²) in [4.78, 5) is 15.7. The molecule has 0 radical (unpaired) electrons. The van der Waals surface area contributed by atoms with Crippen molar-refractivity contribution in [1.29, 1.82) is 5.41 Å². The normalized spacial score (nSPS) is 15.3. The van der Waals surface area contributed by atoms with E-state index in [9.17, 15) is 9.18 Å². The highest BCUT2D eigenvalue weighted by Gasteiger charge is 2.15. The number of nitrogens with zero attached hydrogens (tertiary/aromatic N) is 1. The zero-order valence-electron chi connectivity index (χ0n) is 10.8. The summed E-state index contributed by atoms with van der Waals surface area (Å²) < 4.78 is 13.3. The summed E-state index contributed by atoms with van der Waals surface area (Å²) in [6.07, 6.45) is 3.93. The van der Waals surface area contributed by atoms with Crippen LogP contribution in [0.15, 0.2) is 30.1 Å². The van der Waals surface area contributed by atoms with Crippen LogP contribution in [-0.2, 0) is 11.3 Å². The lowest BCUT2D eigenvalue weighted by atomic mass is 10.2. The topological polar surface area (TPSA) is 89.9 Å². The Hall–Kier alpha value is -2.28. The van der Waals surface area contributed by atoms with Gasteiger partial charge in [0.15, 0.2) is 0 Å². The molecule has 0 spiro atoms. The maximum atomic E-state index is 13.3. The minimum absolute atomic E-state index is 0.0122. The highest BCUT2D eigenvalue weighted by Crippen LogP contribution is 2.02. The molecule has 0 bridgehead atoms. The number of halogens is 1. The van der Waals surface area contributed by atoms with Crippen molar-refractivity contribution in [3.05, 3.63) is 41.6 Å². The predicted molar refractivity (Wildman–Crippen MR) is 72.7 cm³/mol. The minimum Gasteiger partial charge on any atom is -0.385 e. The van der Waals surface area contributed by atoms with Gasteiger partial charge in [0, 0.05) is 31.7 Å². The summed E-state index contributed by atoms with van der Waals surface area (Å²) in [6, 6.07) is 3.05. The number of carbonyl (C=O) groups excluding carboxylic acids is 1. The molecule has 1 aliphatic rings. The molecule has 1 amide bonds. The molecule has 106 valence electrons. The van der Waals surface area contributed by atoms with Crippen molar-refractivity contribution in [2.45, 2.75) is 12.6 Å². The fourth-order valence-electron chi connectivity index (χ4n) is 1.60. The van der Waals surface area contributed by atoms with E-state index in [0.717, 1.165) is 19.3 Å². The molecule has 0 atom stereocenters. The van der Waals surface area contributed by atoms with Gasteiger partial charge in [-0.2, -0.15) is 0 Å². The predicted octanol–water partition coefficient (Wildman–Crippen LogP) is -0.0682. The second kappa shape index (κ2) is 6.76. The van der Waals surface area contributed by atoms with Crippen molar-refractivity contribution < 1.29 is 9.18 Å². The lowest BCUT2D eigenvalue weighted by molar-refractivity contribution is -0.117. The van der Waals surface area contributed by atoms with E-state index in [4.69, 9.17) is 5.41 Å². The number of amides is 1. The van der Waals surface area contributed by atoms with E-state index < -0.39 is 11.7 Å². The first-order valence-electron chi connectivity index (χ1n) is 6.25. The van der Waals surface area contributed by atoms with Crippen LogP contribution in [0.2, 0.25) is 0 Å². The molecule has 0 aromatic carbocycles. The van der Waals surface area contributed by atoms with Crippen molar-refractivity contribution in [3.63, 3.8) is 0 Å². The third-order valence-corrected chi connectivity index (χ3v) is 2.92. The number of carbonyl (C=O) groups is 1. The van der Waals surface area contributed by atoms with Crippen LogP contribution in [0, 0.1) is 11.2 Å². The van der Waals surface area contributed by atoms with Crippen LogP contribution in [-0.4, -0.2) is 36.2 Å². The maximum Gasteiger partial charge on any atom is 0.254 e. The largest absolute Gasteiger partial charge is 0.385 e. The molecular weight excluding hydrogens is 261 g/mol. The van der Waals surface area contributed by atoms with Crippen LogP contribution in [0.25, 0.3) is 0 Å². The van der Waals surface area contributed by atoms with Gasteiger partial charge in [-0.1, -0.05) is 0 Å². The second-order valence-electron chi connectivity index (χ2n) is 4.38. The third-order valence-electron chi connectivity index (χ3n) is 2.92. The van der Waals surface area contributed by atoms with Gasteiger partial charge in [-0.05, 0) is 12.1 Å². The Morgan fingerprint density at radius 3 is 3.00 bits per heavy atom. The van der Waals surface area contributed by atoms with Crippen LogP contribution in [0.3, 0.4) is 0 Å². The van der Waals surface area contributed by atoms with Crippen LogP contribution >= 0.6 is 0 Å². The molecule has 1 aliphatic heterocycles. The maximum absolute atomic E-state index is 13.3. The van der Waals surface area contributed by atoms with Gasteiger partial charge in [-0.25, -0.2) is 4.39 Å². The summed E-state index contributed by atoms with van der Waals surface area (Å²) in [5, 5.41) is 15.9. The van der Waals surface area contributed by atoms with Gasteiger partial charge in [0.1, 0.15) is 5.82 Å². The average Bonchev–Trinajstić information content (AvgIpc) is 2.40. The summed E-state index contributed by atoms with van der Waals surface area (Å²) in [7, 11) is 0. The number of hydrogen-bond donors (Lipinski definition) is 4. The lowest BCUT2D eigenvalue weighted by Gasteiger charge is -2.27. The highest BCUT2D eigenvalue weighted by atomic mass is 19.1. The molecule has 1 fully saturated rings. The van der Waals surface area contributed by atoms with E-state index in [-0.39, 0.29) is 23.9 Å². The van der Waals surface area contributed by atoms with Crippen molar-refractivity contribution in [2.75, 3.05) is 13.1 Å². The van der Waals surface area contributed by atoms with Crippen LogP contribution in [0.5, 0.6) is 0 Å². The molecule has 2 heterocycles. The van der Waals surface area contributed by atoms with Gasteiger partial charge in [-0.15, -0.1) is 0 Å². The molecular formula is C13H16FN5O. The van der Waals surface area contributed by atoms with Crippen molar-refractivity contribution in [1.82, 2.24) is 20.9 Å². The molecule has 20 heavy (non-hydrogen) atoms. The number of rotatable bonds is 6. The van der Waals surface area contributed by atoms with Gasteiger partial charge in [0.05, 0.1) is 23.9 Å². The van der Waals surface area contributed by atoms with E-state index in [1.54, 1.807) is 0 Å². The first-order chi connectivity index (χ1) is 9.70. The fraction of sp³-hybridized carbons (Fsp3) is 0.308. The quantitative estimate of drug-likeness (QED) is 0.433. The van der Waals surface area contributed by atoms with E-state index >= 15 is 0 Å². The minimum atomic E-state index is -0.466. The number of pyridine rings is 1. The van der Waals surface area contributed by atoms with Crippen molar-refractivity contribution in [2.24, 2.45) is 0 Å². The molecule has 4 N–H and O–H groups in total. The van der Waals surface area contributed by atoms with Crippen molar-refractivity contribution >= 4 is 12.1 Å². The first kappa shape index (κ1) is 14.1. The Bertz CT molecular complexity index is 527. The molecule has 1 aromatic rings. The number of aromatic nitrogens is 1. The molecule has 6 nitrogen and oxygen atoms in total. The van der Waals surface area contributed by atoms with E-state index in [2.05, 4.69) is 20.9 Å². The Labute approximate surface area is 116 Å². The summed E-state index contributed by atoms with van der Waals surface area (Å²) in [6.45, 7) is 1.66. The van der Waals surface area contributed by atoms with Gasteiger partial charge in [0.2, 0.25) is 0 Å². The van der Waals surface area contributed by atoms with E-state index in [1.807, 2.05) is 0 Å². The van der Waals surface area contributed by atoms with Gasteiger partial charge >= 0.3 is 0 Å². The Morgan fingerprint density at radius 1 is 1.60 bits per heavy atom. The van der Waals surface area contributed by atoms with Crippen LogP contribution in [0.1, 0.15) is 5.69 Å². The second-order valence-corrected chi connectivity index (χ2v) is 4.38. The molecule has 1 saturated heterocycles. The standard InChI is InChI=1S/C13H16FN5O/c14-11-2-1-3-17-12(11)8-19-13(20)9(4-15)5-18-10-6-16-7-10/h1-5,10,15-16,18H,6-8H2,(H,19,20)/b9-5+,15-4?. The Balaban J connectivity index is 1.88. The molecule has 0 aliphatic carbocycles. The zero-order chi connectivity index (χ0) is 14.4. The molecule has 1 aromatic heterocycles. The Morgan fingerprint density at radius 2 is 2.40 bits per heavy atom. The van der Waals surface area contributed by atoms with Gasteiger partial charge in [-0.3, -0.25) is 9.78 Å². The third kappa shape index (κ3) is 3.61. The van der Waals surface area contributed by atoms with E-state index in [0.29, 0.717) is 0 Å². The molecule has 7 heteroatoms. The van der Waals surface area contributed by atoms with Gasteiger partial charge in [0.25, 0.3) is 5.91 Å². The summed E-state index contributed by atoms with van der Waals surface area (Å²) >= 11 is 0. The fourth-order valence-corrected chi connectivity index (χ4v) is 1.60. The van der Waals surface area contributed by atoms with Crippen LogP contribution < -0.4 is 16.0 Å².